The van der Waals surface area contributed by atoms with Gasteiger partial charge in [-0.2, -0.15) is 0 Å². The van der Waals surface area contributed by atoms with Gasteiger partial charge in [0.05, 0.1) is 11.8 Å². The number of ether oxygens (including phenoxy) is 1. The van der Waals surface area contributed by atoms with Gasteiger partial charge in [0.2, 0.25) is 0 Å². The number of nitrogens with one attached hydrogen (secondary N) is 2. The molecule has 0 saturated carbocycles. The lowest BCUT2D eigenvalue weighted by atomic mass is 10.0. The monoisotopic (exact) mass is 371 g/mol. The first-order valence-corrected chi connectivity index (χ1v) is 9.51. The third kappa shape index (κ3) is 4.81. The summed E-state index contributed by atoms with van der Waals surface area (Å²) in [6.45, 7) is 3.93. The lowest BCUT2D eigenvalue weighted by molar-refractivity contribution is 0.0633. The van der Waals surface area contributed by atoms with Crippen molar-refractivity contribution in [2.24, 2.45) is 0 Å². The summed E-state index contributed by atoms with van der Waals surface area (Å²) in [5.41, 5.74) is 1.57. The molecule has 9 heteroatoms. The van der Waals surface area contributed by atoms with E-state index >= 15 is 0 Å². The van der Waals surface area contributed by atoms with E-state index in [1.165, 1.54) is 19.2 Å². The Labute approximate surface area is 158 Å². The Morgan fingerprint density at radius 2 is 2.00 bits per heavy atom. The van der Waals surface area contributed by atoms with Crippen LogP contribution in [0.3, 0.4) is 0 Å². The second-order valence-electron chi connectivity index (χ2n) is 7.11. The molecule has 2 fully saturated rings. The highest BCUT2D eigenvalue weighted by Crippen LogP contribution is 2.17. The Morgan fingerprint density at radius 3 is 2.67 bits per heavy atom. The molecule has 2 aliphatic heterocycles. The third-order valence-electron chi connectivity index (χ3n) is 5.15. The van der Waals surface area contributed by atoms with Crippen LogP contribution in [0.25, 0.3) is 5.69 Å². The third-order valence-corrected chi connectivity index (χ3v) is 5.15. The second-order valence-corrected chi connectivity index (χ2v) is 7.11. The topological polar surface area (TPSA) is 97.2 Å². The largest absolute Gasteiger partial charge is 0.377 e. The van der Waals surface area contributed by atoms with Crippen LogP contribution in [0.5, 0.6) is 0 Å². The van der Waals surface area contributed by atoms with E-state index in [2.05, 4.69) is 31.1 Å². The highest BCUT2D eigenvalue weighted by atomic mass is 16.5. The number of benzene rings is 1. The van der Waals surface area contributed by atoms with Crippen molar-refractivity contribution in [1.29, 1.82) is 0 Å². The maximum absolute atomic E-state index is 12.3. The fourth-order valence-corrected chi connectivity index (χ4v) is 3.67. The van der Waals surface area contributed by atoms with Gasteiger partial charge in [0.25, 0.3) is 0 Å². The van der Waals surface area contributed by atoms with Gasteiger partial charge in [-0.1, -0.05) is 0 Å². The molecule has 2 N–H and O–H groups in total. The maximum atomic E-state index is 12.3. The number of hydrogen-bond donors (Lipinski definition) is 2. The minimum Gasteiger partial charge on any atom is -0.377 e. The number of aromatic nitrogens is 4. The number of tetrazole rings is 1. The van der Waals surface area contributed by atoms with Gasteiger partial charge in [-0.05, 0) is 60.4 Å². The first kappa shape index (κ1) is 17.9. The molecular weight excluding hydrogens is 346 g/mol. The Morgan fingerprint density at radius 1 is 1.19 bits per heavy atom. The minimum absolute atomic E-state index is 0.164. The Balaban J connectivity index is 1.20. The predicted molar refractivity (Wildman–Crippen MR) is 99.7 cm³/mol. The van der Waals surface area contributed by atoms with Crippen molar-refractivity contribution in [3.05, 3.63) is 30.6 Å². The predicted octanol–water partition coefficient (Wildman–Crippen LogP) is 1.43. The fraction of sp³-hybridized carbons (Fsp3) is 0.556. The molecule has 0 spiro atoms. The zero-order valence-electron chi connectivity index (χ0n) is 15.3. The summed E-state index contributed by atoms with van der Waals surface area (Å²) in [6, 6.07) is 7.43. The second kappa shape index (κ2) is 8.45. The van der Waals surface area contributed by atoms with Crippen LogP contribution in [0.4, 0.5) is 10.5 Å². The molecule has 4 rings (SSSR count). The number of hydrogen-bond acceptors (Lipinski definition) is 6. The zero-order valence-corrected chi connectivity index (χ0v) is 15.3. The molecule has 0 bridgehead atoms. The standard InChI is InChI=1S/C18H25N7O2/c26-18(20-14-3-5-16(6-4-14)25-13-19-22-23-25)21-15-7-9-24(10-8-15)12-17-2-1-11-27-17/h3-6,13,15,17H,1-2,7-12H2,(H2,20,21,26)/t17-/m0/s1. The maximum Gasteiger partial charge on any atom is 0.319 e. The van der Waals surface area contributed by atoms with Crippen LogP contribution in [0.2, 0.25) is 0 Å². The minimum atomic E-state index is -0.164. The van der Waals surface area contributed by atoms with E-state index in [1.54, 1.807) is 4.68 Å². The van der Waals surface area contributed by atoms with Crippen molar-refractivity contribution in [1.82, 2.24) is 30.4 Å². The first-order valence-electron chi connectivity index (χ1n) is 9.51. The summed E-state index contributed by atoms with van der Waals surface area (Å²) < 4.78 is 7.28. The number of amides is 2. The van der Waals surface area contributed by atoms with Gasteiger partial charge in [0, 0.05) is 38.0 Å². The summed E-state index contributed by atoms with van der Waals surface area (Å²) in [5, 5.41) is 17.0. The molecule has 0 unspecified atom stereocenters. The molecule has 2 aromatic rings. The number of piperidine rings is 1. The summed E-state index contributed by atoms with van der Waals surface area (Å²) >= 11 is 0. The average molecular weight is 371 g/mol. The van der Waals surface area contributed by atoms with E-state index < -0.39 is 0 Å². The number of nitrogens with zero attached hydrogens (tertiary/aromatic N) is 5. The van der Waals surface area contributed by atoms with Crippen molar-refractivity contribution in [3.8, 4) is 5.69 Å². The van der Waals surface area contributed by atoms with Crippen molar-refractivity contribution in [2.45, 2.75) is 37.8 Å². The molecule has 3 heterocycles. The Kier molecular flexibility index (Phi) is 5.59. The van der Waals surface area contributed by atoms with Crippen molar-refractivity contribution in [3.63, 3.8) is 0 Å². The molecule has 2 amide bonds. The SMILES string of the molecule is O=C(Nc1ccc(-n2cnnn2)cc1)NC1CCN(C[C@@H]2CCCO2)CC1. The number of likely N-dealkylation sites (tertiary alicyclic amines) is 1. The number of anilines is 1. The van der Waals surface area contributed by atoms with Crippen molar-refractivity contribution >= 4 is 11.7 Å². The quantitative estimate of drug-likeness (QED) is 0.825. The van der Waals surface area contributed by atoms with E-state index in [-0.39, 0.29) is 12.1 Å². The Hall–Kier alpha value is -2.52. The molecule has 2 aliphatic rings. The molecule has 0 radical (unpaired) electrons. The zero-order chi connectivity index (χ0) is 18.5. The number of carbonyl (C=O) groups is 1. The van der Waals surface area contributed by atoms with E-state index in [1.807, 2.05) is 24.3 Å². The van der Waals surface area contributed by atoms with Crippen LogP contribution in [0.15, 0.2) is 30.6 Å². The molecule has 9 nitrogen and oxygen atoms in total. The van der Waals surface area contributed by atoms with Gasteiger partial charge in [-0.25, -0.2) is 9.48 Å². The van der Waals surface area contributed by atoms with E-state index in [0.717, 1.165) is 50.5 Å². The molecule has 1 aromatic carbocycles. The first-order chi connectivity index (χ1) is 13.3. The number of carbonyl (C=O) groups excluding carboxylic acids is 1. The number of urea groups is 1. The fourth-order valence-electron chi connectivity index (χ4n) is 3.67. The highest BCUT2D eigenvalue weighted by molar-refractivity contribution is 5.89. The summed E-state index contributed by atoms with van der Waals surface area (Å²) in [4.78, 5) is 14.7. The van der Waals surface area contributed by atoms with Gasteiger partial charge >= 0.3 is 6.03 Å². The van der Waals surface area contributed by atoms with Gasteiger partial charge in [0.1, 0.15) is 6.33 Å². The van der Waals surface area contributed by atoms with Crippen LogP contribution in [-0.4, -0.2) is 69.5 Å². The van der Waals surface area contributed by atoms with Crippen LogP contribution in [-0.2, 0) is 4.74 Å². The van der Waals surface area contributed by atoms with Crippen molar-refractivity contribution < 1.29 is 9.53 Å². The van der Waals surface area contributed by atoms with Crippen LogP contribution >= 0.6 is 0 Å². The molecule has 2 saturated heterocycles. The lowest BCUT2D eigenvalue weighted by Gasteiger charge is -2.33. The van der Waals surface area contributed by atoms with Crippen molar-refractivity contribution in [2.75, 3.05) is 31.6 Å². The highest BCUT2D eigenvalue weighted by Gasteiger charge is 2.24. The summed E-state index contributed by atoms with van der Waals surface area (Å²) in [7, 11) is 0. The van der Waals surface area contributed by atoms with Crippen LogP contribution in [0.1, 0.15) is 25.7 Å². The normalized spacial score (nSPS) is 21.3. The van der Waals surface area contributed by atoms with E-state index in [4.69, 9.17) is 4.74 Å². The molecule has 1 aromatic heterocycles. The molecule has 1 atom stereocenters. The lowest BCUT2D eigenvalue weighted by Crippen LogP contribution is -2.47. The summed E-state index contributed by atoms with van der Waals surface area (Å²) in [6.07, 6.45) is 6.22. The van der Waals surface area contributed by atoms with Crippen LogP contribution < -0.4 is 10.6 Å². The molecule has 27 heavy (non-hydrogen) atoms. The van der Waals surface area contributed by atoms with Gasteiger partial charge in [-0.15, -0.1) is 5.10 Å². The molecule has 144 valence electrons. The smallest absolute Gasteiger partial charge is 0.319 e. The average Bonchev–Trinajstić information content (AvgIpc) is 3.38. The van der Waals surface area contributed by atoms with Gasteiger partial charge in [-0.3, -0.25) is 0 Å². The number of rotatable bonds is 5. The summed E-state index contributed by atoms with van der Waals surface area (Å²) in [5.74, 6) is 0. The molecular formula is C18H25N7O2. The molecule has 0 aliphatic carbocycles. The van der Waals surface area contributed by atoms with E-state index in [0.29, 0.717) is 6.10 Å². The van der Waals surface area contributed by atoms with E-state index in [9.17, 15) is 4.79 Å². The van der Waals surface area contributed by atoms with Gasteiger partial charge in [0.15, 0.2) is 0 Å². The Bertz CT molecular complexity index is 721. The van der Waals surface area contributed by atoms with Gasteiger partial charge < -0.3 is 20.3 Å². The van der Waals surface area contributed by atoms with Crippen LogP contribution in [0, 0.1) is 0 Å².